The zero-order valence-corrected chi connectivity index (χ0v) is 19.5. The van der Waals surface area contributed by atoms with E-state index in [1.807, 2.05) is 42.8 Å². The average Bonchev–Trinajstić information content (AvgIpc) is 3.25. The molecule has 0 aliphatic heterocycles. The Balaban J connectivity index is 1.65. The Labute approximate surface area is 193 Å². The Bertz CT molecular complexity index is 1250. The Kier molecular flexibility index (Phi) is 6.40. The molecule has 0 bridgehead atoms. The molecule has 0 amide bonds. The summed E-state index contributed by atoms with van der Waals surface area (Å²) in [5, 5.41) is 12.4. The summed E-state index contributed by atoms with van der Waals surface area (Å²) in [5.74, 6) is 1.44. The van der Waals surface area contributed by atoms with Gasteiger partial charge in [-0.3, -0.25) is 0 Å². The van der Waals surface area contributed by atoms with Crippen molar-refractivity contribution in [2.45, 2.75) is 39.7 Å². The number of hydrogen-bond donors (Lipinski definition) is 1. The Morgan fingerprint density at radius 2 is 1.76 bits per heavy atom. The van der Waals surface area contributed by atoms with Gasteiger partial charge in [0.1, 0.15) is 11.6 Å². The first kappa shape index (κ1) is 22.5. The number of halogens is 1. The summed E-state index contributed by atoms with van der Waals surface area (Å²) >= 11 is 0. The van der Waals surface area contributed by atoms with Crippen LogP contribution >= 0.6 is 0 Å². The van der Waals surface area contributed by atoms with Crippen molar-refractivity contribution >= 4 is 5.82 Å². The van der Waals surface area contributed by atoms with Crippen LogP contribution in [0.25, 0.3) is 16.9 Å². The maximum atomic E-state index is 13.3. The Hall–Kier alpha value is -3.74. The number of methoxy groups -OCH3 is 1. The Morgan fingerprint density at radius 1 is 1.00 bits per heavy atom. The smallest absolute Gasteiger partial charge is 0.152 e. The van der Waals surface area contributed by atoms with Crippen LogP contribution in [0, 0.1) is 12.7 Å². The predicted molar refractivity (Wildman–Crippen MR) is 128 cm³/mol. The summed E-state index contributed by atoms with van der Waals surface area (Å²) in [4.78, 5) is 4.30. The molecule has 0 unspecified atom stereocenters. The highest BCUT2D eigenvalue weighted by molar-refractivity contribution is 5.67. The van der Waals surface area contributed by atoms with Crippen molar-refractivity contribution < 1.29 is 9.13 Å². The predicted octanol–water partition coefficient (Wildman–Crippen LogP) is 6.08. The number of anilines is 1. The van der Waals surface area contributed by atoms with Gasteiger partial charge in [0, 0.05) is 17.3 Å². The summed E-state index contributed by atoms with van der Waals surface area (Å²) in [6.07, 6.45) is 3.73. The standard InChI is InChI=1S/C26H28FN5O/c1-16(2)22-13-23(30-31-26(22)29-18(4)19-6-9-21(27)10-7-19)20-8-11-24(25(12-20)33-5)32-14-17(3)28-15-32/h6-16,18H,1-5H3,(H,29,31)/t18-/m0/s1. The minimum absolute atomic E-state index is 0.0405. The molecule has 2 heterocycles. The molecule has 0 radical (unpaired) electrons. The van der Waals surface area contributed by atoms with Crippen LogP contribution in [0.5, 0.6) is 5.75 Å². The van der Waals surface area contributed by atoms with E-state index in [2.05, 4.69) is 40.4 Å². The van der Waals surface area contributed by atoms with E-state index in [0.717, 1.165) is 45.3 Å². The molecular formula is C26H28FN5O. The highest BCUT2D eigenvalue weighted by atomic mass is 19.1. The van der Waals surface area contributed by atoms with Crippen molar-refractivity contribution in [2.75, 3.05) is 12.4 Å². The summed E-state index contributed by atoms with van der Waals surface area (Å²) < 4.78 is 20.9. The molecule has 0 saturated heterocycles. The number of nitrogens with one attached hydrogen (secondary N) is 1. The monoisotopic (exact) mass is 445 g/mol. The molecule has 2 aromatic carbocycles. The van der Waals surface area contributed by atoms with Gasteiger partial charge in [-0.1, -0.05) is 32.0 Å². The maximum absolute atomic E-state index is 13.3. The SMILES string of the molecule is COc1cc(-c2cc(C(C)C)c(N[C@@H](C)c3ccc(F)cc3)nn2)ccc1-n1cnc(C)c1. The number of ether oxygens (including phenoxy) is 1. The average molecular weight is 446 g/mol. The van der Waals surface area contributed by atoms with Gasteiger partial charge in [-0.2, -0.15) is 0 Å². The number of imidazole rings is 1. The molecule has 7 heteroatoms. The van der Waals surface area contributed by atoms with Crippen LogP contribution in [-0.4, -0.2) is 26.9 Å². The van der Waals surface area contributed by atoms with E-state index < -0.39 is 0 Å². The minimum atomic E-state index is -0.248. The van der Waals surface area contributed by atoms with Gasteiger partial charge in [0.05, 0.1) is 36.6 Å². The molecule has 170 valence electrons. The van der Waals surface area contributed by atoms with E-state index in [1.54, 1.807) is 25.6 Å². The van der Waals surface area contributed by atoms with Crippen molar-refractivity contribution in [3.63, 3.8) is 0 Å². The first-order chi connectivity index (χ1) is 15.9. The topological polar surface area (TPSA) is 64.9 Å². The van der Waals surface area contributed by atoms with Crippen LogP contribution in [-0.2, 0) is 0 Å². The molecule has 4 rings (SSSR count). The molecule has 0 aliphatic rings. The summed E-state index contributed by atoms with van der Waals surface area (Å²) in [6.45, 7) is 8.22. The quantitative estimate of drug-likeness (QED) is 0.373. The highest BCUT2D eigenvalue weighted by Gasteiger charge is 2.16. The number of aryl methyl sites for hydroxylation is 1. The van der Waals surface area contributed by atoms with Gasteiger partial charge in [0.15, 0.2) is 5.82 Å². The Morgan fingerprint density at radius 3 is 2.39 bits per heavy atom. The van der Waals surface area contributed by atoms with E-state index >= 15 is 0 Å². The molecule has 2 aromatic heterocycles. The molecule has 6 nitrogen and oxygen atoms in total. The lowest BCUT2D eigenvalue weighted by atomic mass is 10.0. The van der Waals surface area contributed by atoms with Crippen molar-refractivity contribution in [1.82, 2.24) is 19.7 Å². The van der Waals surface area contributed by atoms with Crippen LogP contribution in [0.2, 0.25) is 0 Å². The molecule has 4 aromatic rings. The van der Waals surface area contributed by atoms with E-state index in [1.165, 1.54) is 12.1 Å². The third kappa shape index (κ3) is 4.87. The van der Waals surface area contributed by atoms with Crippen LogP contribution in [0.15, 0.2) is 61.1 Å². The van der Waals surface area contributed by atoms with Crippen molar-refractivity contribution in [3.05, 3.63) is 83.7 Å². The molecule has 1 N–H and O–H groups in total. The van der Waals surface area contributed by atoms with Crippen molar-refractivity contribution in [2.24, 2.45) is 0 Å². The normalized spacial score (nSPS) is 12.1. The van der Waals surface area contributed by atoms with E-state index in [-0.39, 0.29) is 17.8 Å². The van der Waals surface area contributed by atoms with Gasteiger partial charge < -0.3 is 14.6 Å². The molecule has 0 aliphatic carbocycles. The first-order valence-electron chi connectivity index (χ1n) is 10.9. The van der Waals surface area contributed by atoms with Crippen molar-refractivity contribution in [3.8, 4) is 22.7 Å². The van der Waals surface area contributed by atoms with Gasteiger partial charge in [-0.25, -0.2) is 9.37 Å². The fourth-order valence-corrected chi connectivity index (χ4v) is 3.74. The third-order valence-electron chi connectivity index (χ3n) is 5.63. The lowest BCUT2D eigenvalue weighted by molar-refractivity contribution is 0.413. The largest absolute Gasteiger partial charge is 0.495 e. The number of hydrogen-bond acceptors (Lipinski definition) is 5. The van der Waals surface area contributed by atoms with E-state index in [0.29, 0.717) is 0 Å². The lowest BCUT2D eigenvalue weighted by Gasteiger charge is -2.19. The van der Waals surface area contributed by atoms with Crippen LogP contribution < -0.4 is 10.1 Å². The fourth-order valence-electron chi connectivity index (χ4n) is 3.74. The molecule has 0 spiro atoms. The van der Waals surface area contributed by atoms with Crippen molar-refractivity contribution in [1.29, 1.82) is 0 Å². The fraction of sp³-hybridized carbons (Fsp3) is 0.269. The molecule has 0 saturated carbocycles. The van der Waals surface area contributed by atoms with Gasteiger partial charge in [-0.05, 0) is 55.7 Å². The van der Waals surface area contributed by atoms with Crippen LogP contribution in [0.3, 0.4) is 0 Å². The summed E-state index contributed by atoms with van der Waals surface area (Å²) in [7, 11) is 1.65. The zero-order valence-electron chi connectivity index (χ0n) is 19.5. The molecule has 33 heavy (non-hydrogen) atoms. The second-order valence-electron chi connectivity index (χ2n) is 8.41. The third-order valence-corrected chi connectivity index (χ3v) is 5.63. The summed E-state index contributed by atoms with van der Waals surface area (Å²) in [6, 6.07) is 14.5. The second kappa shape index (κ2) is 9.40. The van der Waals surface area contributed by atoms with E-state index in [9.17, 15) is 4.39 Å². The second-order valence-corrected chi connectivity index (χ2v) is 8.41. The maximum Gasteiger partial charge on any atom is 0.152 e. The first-order valence-corrected chi connectivity index (χ1v) is 10.9. The lowest BCUT2D eigenvalue weighted by Crippen LogP contribution is -2.12. The minimum Gasteiger partial charge on any atom is -0.495 e. The number of benzene rings is 2. The molecule has 0 fully saturated rings. The van der Waals surface area contributed by atoms with Gasteiger partial charge >= 0.3 is 0 Å². The number of aromatic nitrogens is 4. The van der Waals surface area contributed by atoms with Gasteiger partial charge in [0.25, 0.3) is 0 Å². The van der Waals surface area contributed by atoms with Crippen LogP contribution in [0.4, 0.5) is 10.2 Å². The number of rotatable bonds is 7. The zero-order chi connectivity index (χ0) is 23.5. The molecular weight excluding hydrogens is 417 g/mol. The number of nitrogens with zero attached hydrogens (tertiary/aromatic N) is 4. The highest BCUT2D eigenvalue weighted by Crippen LogP contribution is 2.32. The van der Waals surface area contributed by atoms with Gasteiger partial charge in [-0.15, -0.1) is 10.2 Å². The van der Waals surface area contributed by atoms with Gasteiger partial charge in [0.2, 0.25) is 0 Å². The molecule has 1 atom stereocenters. The van der Waals surface area contributed by atoms with E-state index in [4.69, 9.17) is 4.74 Å². The summed E-state index contributed by atoms with van der Waals surface area (Å²) in [5.41, 5.74) is 5.57. The van der Waals surface area contributed by atoms with Crippen LogP contribution in [0.1, 0.15) is 49.6 Å².